The van der Waals surface area contributed by atoms with Crippen molar-refractivity contribution in [2.45, 2.75) is 38.1 Å². The molecular weight excluding hydrogens is 342 g/mol. The maximum Gasteiger partial charge on any atom is 0.254 e. The van der Waals surface area contributed by atoms with Gasteiger partial charge in [-0.15, -0.1) is 11.3 Å². The Hall–Kier alpha value is -2.40. The minimum absolute atomic E-state index is 0.132. The summed E-state index contributed by atoms with van der Waals surface area (Å²) in [5.41, 5.74) is 1.62. The number of hydrogen-bond donors (Lipinski definition) is 1. The zero-order chi connectivity index (χ0) is 17.8. The molecule has 1 aromatic carbocycles. The molecule has 3 aromatic rings. The molecule has 1 aliphatic rings. The lowest BCUT2D eigenvalue weighted by molar-refractivity contribution is 0.0603. The Morgan fingerprint density at radius 2 is 2.15 bits per heavy atom. The van der Waals surface area contributed by atoms with Crippen LogP contribution in [0.2, 0.25) is 0 Å². The van der Waals surface area contributed by atoms with E-state index >= 15 is 0 Å². The van der Waals surface area contributed by atoms with E-state index in [4.69, 9.17) is 0 Å². The summed E-state index contributed by atoms with van der Waals surface area (Å²) in [4.78, 5) is 24.3. The molecule has 4 rings (SSSR count). The third kappa shape index (κ3) is 3.58. The first-order valence-corrected chi connectivity index (χ1v) is 10.1. The predicted octanol–water partition coefficient (Wildman–Crippen LogP) is 4.77. The molecule has 0 bridgehead atoms. The second-order valence-electron chi connectivity index (χ2n) is 6.75. The van der Waals surface area contributed by atoms with Gasteiger partial charge in [0.2, 0.25) is 0 Å². The van der Waals surface area contributed by atoms with E-state index in [1.807, 2.05) is 24.3 Å². The van der Waals surface area contributed by atoms with Gasteiger partial charge in [-0.2, -0.15) is 0 Å². The molecule has 0 aliphatic carbocycles. The lowest BCUT2D eigenvalue weighted by Gasteiger charge is -2.36. The first-order valence-electron chi connectivity index (χ1n) is 9.25. The number of nitrogens with zero attached hydrogens (tertiary/aromatic N) is 2. The van der Waals surface area contributed by atoms with E-state index in [1.54, 1.807) is 23.7 Å². The molecule has 5 heteroatoms. The van der Waals surface area contributed by atoms with E-state index in [2.05, 4.69) is 32.4 Å². The lowest BCUT2D eigenvalue weighted by atomic mass is 9.95. The summed E-state index contributed by atoms with van der Waals surface area (Å²) in [5.74, 6) is 0.883. The van der Waals surface area contributed by atoms with E-state index < -0.39 is 0 Å². The van der Waals surface area contributed by atoms with Gasteiger partial charge in [0.15, 0.2) is 0 Å². The summed E-state index contributed by atoms with van der Waals surface area (Å²) in [7, 11) is 0. The van der Waals surface area contributed by atoms with Gasteiger partial charge in [0.25, 0.3) is 5.91 Å². The molecule has 1 aliphatic heterocycles. The summed E-state index contributed by atoms with van der Waals surface area (Å²) >= 11 is 1.80. The number of amides is 1. The van der Waals surface area contributed by atoms with Crippen LogP contribution in [0.5, 0.6) is 0 Å². The van der Waals surface area contributed by atoms with Gasteiger partial charge in [-0.3, -0.25) is 4.79 Å². The Balaban J connectivity index is 1.56. The number of H-pyrrole nitrogens is 1. The van der Waals surface area contributed by atoms with Gasteiger partial charge >= 0.3 is 0 Å². The molecule has 0 radical (unpaired) electrons. The van der Waals surface area contributed by atoms with Gasteiger partial charge in [0, 0.05) is 35.4 Å². The number of likely N-dealkylation sites (tertiary alicyclic amines) is 1. The molecule has 0 unspecified atom stereocenters. The fraction of sp³-hybridized carbons (Fsp3) is 0.333. The SMILES string of the molecule is O=C(c1ccccc1-c1ncc[nH]1)N1CCCC[C@H]1CCc1cccs1. The number of aryl methyl sites for hydroxylation is 1. The molecule has 26 heavy (non-hydrogen) atoms. The fourth-order valence-electron chi connectivity index (χ4n) is 3.78. The Morgan fingerprint density at radius 1 is 1.23 bits per heavy atom. The number of carbonyl (C=O) groups is 1. The molecule has 1 amide bonds. The van der Waals surface area contributed by atoms with E-state index in [0.29, 0.717) is 6.04 Å². The van der Waals surface area contributed by atoms with Crippen LogP contribution in [0.1, 0.15) is 40.9 Å². The quantitative estimate of drug-likeness (QED) is 0.708. The number of imidazole rings is 1. The van der Waals surface area contributed by atoms with Gasteiger partial charge in [-0.1, -0.05) is 24.3 Å². The molecular formula is C21H23N3OS. The van der Waals surface area contributed by atoms with E-state index in [9.17, 15) is 4.79 Å². The first kappa shape index (κ1) is 17.0. The van der Waals surface area contributed by atoms with Crippen LogP contribution in [0.4, 0.5) is 0 Å². The number of piperidine rings is 1. The van der Waals surface area contributed by atoms with Crippen molar-refractivity contribution in [3.8, 4) is 11.4 Å². The van der Waals surface area contributed by atoms with Gasteiger partial charge in [-0.25, -0.2) is 4.98 Å². The van der Waals surface area contributed by atoms with Crippen molar-refractivity contribution < 1.29 is 4.79 Å². The minimum atomic E-state index is 0.132. The molecule has 1 fully saturated rings. The van der Waals surface area contributed by atoms with Crippen molar-refractivity contribution in [2.75, 3.05) is 6.54 Å². The molecule has 134 valence electrons. The Kier molecular flexibility index (Phi) is 5.16. The van der Waals surface area contributed by atoms with Gasteiger partial charge < -0.3 is 9.88 Å². The maximum absolute atomic E-state index is 13.4. The Morgan fingerprint density at radius 3 is 2.96 bits per heavy atom. The summed E-state index contributed by atoms with van der Waals surface area (Å²) < 4.78 is 0. The standard InChI is InChI=1S/C21H23N3OS/c25-21(19-9-2-1-8-18(19)20-22-12-13-23-20)24-14-4-3-6-16(24)10-11-17-7-5-15-26-17/h1-2,5,7-9,12-13,15-16H,3-4,6,10-11,14H2,(H,22,23)/t16-/m0/s1. The zero-order valence-corrected chi connectivity index (χ0v) is 15.5. The number of benzene rings is 1. The van der Waals surface area contributed by atoms with Crippen molar-refractivity contribution in [3.05, 3.63) is 64.6 Å². The van der Waals surface area contributed by atoms with Gasteiger partial charge in [0.05, 0.1) is 5.56 Å². The molecule has 1 atom stereocenters. The highest BCUT2D eigenvalue weighted by atomic mass is 32.1. The highest BCUT2D eigenvalue weighted by molar-refractivity contribution is 7.09. The van der Waals surface area contributed by atoms with Crippen LogP contribution in [0.25, 0.3) is 11.4 Å². The smallest absolute Gasteiger partial charge is 0.254 e. The van der Waals surface area contributed by atoms with Crippen molar-refractivity contribution >= 4 is 17.2 Å². The summed E-state index contributed by atoms with van der Waals surface area (Å²) in [6, 6.07) is 12.4. The number of hydrogen-bond acceptors (Lipinski definition) is 3. The zero-order valence-electron chi connectivity index (χ0n) is 14.7. The summed E-state index contributed by atoms with van der Waals surface area (Å²) in [6.07, 6.45) is 8.99. The van der Waals surface area contributed by atoms with Crippen molar-refractivity contribution in [1.29, 1.82) is 0 Å². The van der Waals surface area contributed by atoms with Crippen LogP contribution < -0.4 is 0 Å². The van der Waals surface area contributed by atoms with Crippen molar-refractivity contribution in [3.63, 3.8) is 0 Å². The van der Waals surface area contributed by atoms with Crippen molar-refractivity contribution in [1.82, 2.24) is 14.9 Å². The van der Waals surface area contributed by atoms with Crippen LogP contribution in [-0.4, -0.2) is 33.4 Å². The fourth-order valence-corrected chi connectivity index (χ4v) is 4.50. The molecule has 2 aromatic heterocycles. The molecule has 4 nitrogen and oxygen atoms in total. The van der Waals surface area contributed by atoms with Crippen LogP contribution in [-0.2, 0) is 6.42 Å². The monoisotopic (exact) mass is 365 g/mol. The van der Waals surface area contributed by atoms with E-state index in [-0.39, 0.29) is 5.91 Å². The number of carbonyl (C=O) groups excluding carboxylic acids is 1. The maximum atomic E-state index is 13.4. The average molecular weight is 366 g/mol. The third-order valence-corrected chi connectivity index (χ3v) is 6.04. The van der Waals surface area contributed by atoms with Gasteiger partial charge in [-0.05, 0) is 49.6 Å². The van der Waals surface area contributed by atoms with Crippen LogP contribution in [0.3, 0.4) is 0 Å². The van der Waals surface area contributed by atoms with Crippen LogP contribution >= 0.6 is 11.3 Å². The molecule has 0 spiro atoms. The minimum Gasteiger partial charge on any atom is -0.345 e. The predicted molar refractivity (Wildman–Crippen MR) is 105 cm³/mol. The molecule has 1 saturated heterocycles. The lowest BCUT2D eigenvalue weighted by Crippen LogP contribution is -2.44. The molecule has 0 saturated carbocycles. The molecule has 1 N–H and O–H groups in total. The number of aromatic nitrogens is 2. The second-order valence-corrected chi connectivity index (χ2v) is 7.78. The third-order valence-electron chi connectivity index (χ3n) is 5.10. The van der Waals surface area contributed by atoms with E-state index in [1.165, 1.54) is 11.3 Å². The Labute approximate surface area is 157 Å². The normalized spacial score (nSPS) is 17.4. The van der Waals surface area contributed by atoms with Crippen molar-refractivity contribution in [2.24, 2.45) is 0 Å². The topological polar surface area (TPSA) is 49.0 Å². The first-order chi connectivity index (χ1) is 12.8. The van der Waals surface area contributed by atoms with Crippen LogP contribution in [0, 0.1) is 0 Å². The van der Waals surface area contributed by atoms with Crippen LogP contribution in [0.15, 0.2) is 54.2 Å². The number of rotatable bonds is 5. The highest BCUT2D eigenvalue weighted by Crippen LogP contribution is 2.27. The summed E-state index contributed by atoms with van der Waals surface area (Å²) in [5, 5.41) is 2.12. The highest BCUT2D eigenvalue weighted by Gasteiger charge is 2.28. The molecule has 3 heterocycles. The van der Waals surface area contributed by atoms with Gasteiger partial charge in [0.1, 0.15) is 5.82 Å². The largest absolute Gasteiger partial charge is 0.345 e. The number of aromatic amines is 1. The number of nitrogens with one attached hydrogen (secondary N) is 1. The van der Waals surface area contributed by atoms with E-state index in [0.717, 1.165) is 49.2 Å². The number of thiophene rings is 1. The average Bonchev–Trinajstić information content (AvgIpc) is 3.40. The Bertz CT molecular complexity index is 842. The summed E-state index contributed by atoms with van der Waals surface area (Å²) in [6.45, 7) is 0.848. The second kappa shape index (κ2) is 7.87.